The van der Waals surface area contributed by atoms with Crippen LogP contribution in [0.4, 0.5) is 5.69 Å². The molecule has 1 fully saturated rings. The van der Waals surface area contributed by atoms with Gasteiger partial charge < -0.3 is 9.80 Å². The minimum Gasteiger partial charge on any atom is -0.368 e. The van der Waals surface area contributed by atoms with Crippen molar-refractivity contribution in [1.29, 1.82) is 0 Å². The summed E-state index contributed by atoms with van der Waals surface area (Å²) in [6, 6.07) is 11.3. The van der Waals surface area contributed by atoms with Crippen molar-refractivity contribution in [3.63, 3.8) is 0 Å². The molecular formula is C20H21N5O2. The lowest BCUT2D eigenvalue weighted by Crippen LogP contribution is -2.49. The molecule has 1 amide bonds. The number of fused-ring (bicyclic) bond motifs is 1. The molecule has 3 heterocycles. The molecular weight excluding hydrogens is 342 g/mol. The fraction of sp³-hybridized carbons (Fsp3) is 0.300. The SMILES string of the molecule is Cn1nc(CC(=O)N2CCN(c3ccncc3)CC2)c2ccccc2c1=O. The average molecular weight is 363 g/mol. The largest absolute Gasteiger partial charge is 0.368 e. The lowest BCUT2D eigenvalue weighted by molar-refractivity contribution is -0.130. The molecule has 1 saturated heterocycles. The second-order valence-corrected chi connectivity index (χ2v) is 6.67. The molecule has 4 rings (SSSR count). The summed E-state index contributed by atoms with van der Waals surface area (Å²) in [5, 5.41) is 5.69. The number of hydrogen-bond donors (Lipinski definition) is 0. The number of anilines is 1. The molecule has 0 spiro atoms. The van der Waals surface area contributed by atoms with Crippen LogP contribution in [-0.4, -0.2) is 51.8 Å². The van der Waals surface area contributed by atoms with Crippen LogP contribution in [0, 0.1) is 0 Å². The van der Waals surface area contributed by atoms with Crippen LogP contribution in [0.25, 0.3) is 10.8 Å². The maximum absolute atomic E-state index is 12.8. The zero-order valence-electron chi connectivity index (χ0n) is 15.2. The van der Waals surface area contributed by atoms with E-state index < -0.39 is 0 Å². The Hall–Kier alpha value is -3.22. The Labute approximate surface area is 156 Å². The predicted molar refractivity (Wildman–Crippen MR) is 104 cm³/mol. The third-order valence-corrected chi connectivity index (χ3v) is 5.01. The number of aryl methyl sites for hydroxylation is 1. The summed E-state index contributed by atoms with van der Waals surface area (Å²) >= 11 is 0. The summed E-state index contributed by atoms with van der Waals surface area (Å²) < 4.78 is 1.31. The van der Waals surface area contributed by atoms with Crippen LogP contribution in [0.3, 0.4) is 0 Å². The van der Waals surface area contributed by atoms with Gasteiger partial charge in [-0.15, -0.1) is 0 Å². The monoisotopic (exact) mass is 363 g/mol. The van der Waals surface area contributed by atoms with E-state index in [9.17, 15) is 9.59 Å². The molecule has 0 radical (unpaired) electrons. The normalized spacial score (nSPS) is 14.6. The van der Waals surface area contributed by atoms with Gasteiger partial charge in [0.1, 0.15) is 0 Å². The topological polar surface area (TPSA) is 71.3 Å². The standard InChI is InChI=1S/C20H21N5O2/c1-23-20(27)17-5-3-2-4-16(17)18(22-23)14-19(26)25-12-10-24(11-13-25)15-6-8-21-9-7-15/h2-9H,10-14H2,1H3. The van der Waals surface area contributed by atoms with E-state index >= 15 is 0 Å². The second-order valence-electron chi connectivity index (χ2n) is 6.67. The minimum atomic E-state index is -0.146. The second kappa shape index (κ2) is 7.19. The van der Waals surface area contributed by atoms with Crippen LogP contribution in [0.5, 0.6) is 0 Å². The molecule has 0 N–H and O–H groups in total. The Morgan fingerprint density at radius 1 is 1.00 bits per heavy atom. The van der Waals surface area contributed by atoms with Crippen LogP contribution < -0.4 is 10.5 Å². The smallest absolute Gasteiger partial charge is 0.274 e. The highest BCUT2D eigenvalue weighted by Gasteiger charge is 2.22. The highest BCUT2D eigenvalue weighted by molar-refractivity contribution is 5.88. The van der Waals surface area contributed by atoms with E-state index in [2.05, 4.69) is 15.0 Å². The number of aromatic nitrogens is 3. The van der Waals surface area contributed by atoms with Crippen molar-refractivity contribution in [3.05, 3.63) is 64.8 Å². The molecule has 1 aromatic carbocycles. The van der Waals surface area contributed by atoms with Crippen molar-refractivity contribution in [2.75, 3.05) is 31.1 Å². The van der Waals surface area contributed by atoms with Crippen LogP contribution in [0.15, 0.2) is 53.6 Å². The molecule has 3 aromatic rings. The van der Waals surface area contributed by atoms with Crippen LogP contribution in [0.2, 0.25) is 0 Å². The van der Waals surface area contributed by atoms with Crippen LogP contribution >= 0.6 is 0 Å². The first-order valence-electron chi connectivity index (χ1n) is 9.01. The maximum Gasteiger partial charge on any atom is 0.274 e. The Balaban J connectivity index is 1.49. The molecule has 7 heteroatoms. The highest BCUT2D eigenvalue weighted by Crippen LogP contribution is 2.17. The third-order valence-electron chi connectivity index (χ3n) is 5.01. The molecule has 0 aliphatic carbocycles. The van der Waals surface area contributed by atoms with E-state index in [-0.39, 0.29) is 17.9 Å². The number of carbonyl (C=O) groups is 1. The predicted octanol–water partition coefficient (Wildman–Crippen LogP) is 1.22. The first kappa shape index (κ1) is 17.2. The number of amides is 1. The van der Waals surface area contributed by atoms with Gasteiger partial charge in [-0.2, -0.15) is 5.10 Å². The molecule has 1 aliphatic heterocycles. The van der Waals surface area contributed by atoms with Gasteiger partial charge in [-0.1, -0.05) is 18.2 Å². The Kier molecular flexibility index (Phi) is 4.58. The quantitative estimate of drug-likeness (QED) is 0.700. The van der Waals surface area contributed by atoms with E-state index in [1.54, 1.807) is 25.5 Å². The van der Waals surface area contributed by atoms with Gasteiger partial charge in [-0.25, -0.2) is 4.68 Å². The Bertz CT molecular complexity index is 1020. The summed E-state index contributed by atoms with van der Waals surface area (Å²) in [5.74, 6) is 0.0423. The number of pyridine rings is 1. The molecule has 1 aliphatic rings. The number of rotatable bonds is 3. The molecule has 138 valence electrons. The van der Waals surface area contributed by atoms with Gasteiger partial charge in [0.25, 0.3) is 5.56 Å². The van der Waals surface area contributed by atoms with E-state index in [0.29, 0.717) is 24.2 Å². The molecule has 0 saturated carbocycles. The van der Waals surface area contributed by atoms with E-state index in [4.69, 9.17) is 0 Å². The van der Waals surface area contributed by atoms with Crippen LogP contribution in [-0.2, 0) is 18.3 Å². The van der Waals surface area contributed by atoms with Crippen molar-refractivity contribution in [1.82, 2.24) is 19.7 Å². The number of piperazine rings is 1. The molecule has 0 unspecified atom stereocenters. The van der Waals surface area contributed by atoms with Crippen LogP contribution in [0.1, 0.15) is 5.69 Å². The zero-order valence-corrected chi connectivity index (χ0v) is 15.2. The summed E-state index contributed by atoms with van der Waals surface area (Å²) in [4.78, 5) is 33.2. The maximum atomic E-state index is 12.8. The van der Waals surface area contributed by atoms with Gasteiger partial charge >= 0.3 is 0 Å². The lowest BCUT2D eigenvalue weighted by Gasteiger charge is -2.36. The van der Waals surface area contributed by atoms with Gasteiger partial charge in [0.2, 0.25) is 5.91 Å². The third kappa shape index (κ3) is 3.40. The number of carbonyl (C=O) groups excluding carboxylic acids is 1. The number of nitrogens with zero attached hydrogens (tertiary/aromatic N) is 5. The summed E-state index contributed by atoms with van der Waals surface area (Å²) in [6.45, 7) is 2.92. The lowest BCUT2D eigenvalue weighted by atomic mass is 10.1. The Morgan fingerprint density at radius 2 is 1.67 bits per heavy atom. The molecule has 7 nitrogen and oxygen atoms in total. The average Bonchev–Trinajstić information content (AvgIpc) is 2.72. The fourth-order valence-electron chi connectivity index (χ4n) is 3.53. The summed E-state index contributed by atoms with van der Waals surface area (Å²) in [6.07, 6.45) is 3.76. The van der Waals surface area contributed by atoms with Crippen molar-refractivity contribution < 1.29 is 4.79 Å². The number of benzene rings is 1. The summed E-state index contributed by atoms with van der Waals surface area (Å²) in [7, 11) is 1.62. The van der Waals surface area contributed by atoms with E-state index in [1.807, 2.05) is 35.2 Å². The van der Waals surface area contributed by atoms with Crippen molar-refractivity contribution in [2.24, 2.45) is 7.05 Å². The fourth-order valence-corrected chi connectivity index (χ4v) is 3.53. The van der Waals surface area contributed by atoms with Crippen molar-refractivity contribution in [3.8, 4) is 0 Å². The van der Waals surface area contributed by atoms with Gasteiger partial charge in [0, 0.05) is 56.7 Å². The highest BCUT2D eigenvalue weighted by atomic mass is 16.2. The Morgan fingerprint density at radius 3 is 2.37 bits per heavy atom. The molecule has 0 atom stereocenters. The minimum absolute atomic E-state index is 0.0423. The van der Waals surface area contributed by atoms with Crippen molar-refractivity contribution in [2.45, 2.75) is 6.42 Å². The first-order chi connectivity index (χ1) is 13.1. The molecule has 27 heavy (non-hydrogen) atoms. The van der Waals surface area contributed by atoms with E-state index in [0.717, 1.165) is 24.2 Å². The molecule has 2 aromatic heterocycles. The van der Waals surface area contributed by atoms with E-state index in [1.165, 1.54) is 4.68 Å². The zero-order chi connectivity index (χ0) is 18.8. The number of hydrogen-bond acceptors (Lipinski definition) is 5. The first-order valence-corrected chi connectivity index (χ1v) is 9.01. The molecule has 0 bridgehead atoms. The van der Waals surface area contributed by atoms with Gasteiger partial charge in [0.15, 0.2) is 0 Å². The van der Waals surface area contributed by atoms with Gasteiger partial charge in [-0.3, -0.25) is 14.6 Å². The van der Waals surface area contributed by atoms with Crippen molar-refractivity contribution >= 4 is 22.4 Å². The van der Waals surface area contributed by atoms with Gasteiger partial charge in [0.05, 0.1) is 17.5 Å². The van der Waals surface area contributed by atoms with Gasteiger partial charge in [-0.05, 0) is 18.2 Å². The summed E-state index contributed by atoms with van der Waals surface area (Å²) in [5.41, 5.74) is 1.63.